The molecule has 0 aliphatic carbocycles. The van der Waals surface area contributed by atoms with E-state index in [-0.39, 0.29) is 11.9 Å². The van der Waals surface area contributed by atoms with Gasteiger partial charge in [0.05, 0.1) is 12.0 Å². The minimum absolute atomic E-state index is 0.149. The van der Waals surface area contributed by atoms with E-state index in [1.54, 1.807) is 0 Å². The Morgan fingerprint density at radius 1 is 0.857 bits per heavy atom. The van der Waals surface area contributed by atoms with Crippen LogP contribution in [0.25, 0.3) is 10.8 Å². The van der Waals surface area contributed by atoms with Crippen LogP contribution in [-0.4, -0.2) is 5.78 Å². The maximum absolute atomic E-state index is 12.4. The summed E-state index contributed by atoms with van der Waals surface area (Å²) in [5, 5.41) is 2.17. The van der Waals surface area contributed by atoms with Crippen LogP contribution in [0, 0.1) is 0 Å². The van der Waals surface area contributed by atoms with Crippen molar-refractivity contribution in [3.63, 3.8) is 0 Å². The molecule has 3 aromatic rings. The Hall–Kier alpha value is -2.61. The summed E-state index contributed by atoms with van der Waals surface area (Å²) in [6.07, 6.45) is 0.211. The maximum Gasteiger partial charge on any atom is 0.170 e. The Balaban J connectivity index is 1.80. The molecule has 0 N–H and O–H groups in total. The van der Waals surface area contributed by atoms with E-state index >= 15 is 0 Å². The highest BCUT2D eigenvalue weighted by Gasteiger charge is 2.27. The number of fused-ring (bicyclic) bond motifs is 2. The molecule has 4 rings (SSSR count). The van der Waals surface area contributed by atoms with Gasteiger partial charge in [-0.25, -0.2) is 0 Å². The Morgan fingerprint density at radius 3 is 2.29 bits per heavy atom. The summed E-state index contributed by atoms with van der Waals surface area (Å²) >= 11 is 0. The molecule has 0 radical (unpaired) electrons. The lowest BCUT2D eigenvalue weighted by Crippen LogP contribution is -2.20. The summed E-state index contributed by atoms with van der Waals surface area (Å²) in [5.41, 5.74) is 1.74. The molecule has 2 heteroatoms. The summed E-state index contributed by atoms with van der Waals surface area (Å²) < 4.78 is 6.08. The first-order valence-corrected chi connectivity index (χ1v) is 7.09. The van der Waals surface area contributed by atoms with Gasteiger partial charge in [-0.05, 0) is 28.5 Å². The fraction of sp³-hybridized carbons (Fsp3) is 0.105. The van der Waals surface area contributed by atoms with Crippen molar-refractivity contribution in [3.05, 3.63) is 77.9 Å². The van der Waals surface area contributed by atoms with Crippen molar-refractivity contribution >= 4 is 16.6 Å². The highest BCUT2D eigenvalue weighted by Crippen LogP contribution is 2.37. The van der Waals surface area contributed by atoms with Gasteiger partial charge < -0.3 is 4.74 Å². The van der Waals surface area contributed by atoms with E-state index in [0.29, 0.717) is 17.7 Å². The second-order valence-electron chi connectivity index (χ2n) is 5.34. The van der Waals surface area contributed by atoms with Crippen LogP contribution in [0.2, 0.25) is 0 Å². The normalized spacial score (nSPS) is 17.3. The highest BCUT2D eigenvalue weighted by molar-refractivity contribution is 6.04. The van der Waals surface area contributed by atoms with Crippen molar-refractivity contribution in [1.29, 1.82) is 0 Å². The van der Waals surface area contributed by atoms with Crippen molar-refractivity contribution in [2.45, 2.75) is 12.5 Å². The van der Waals surface area contributed by atoms with Gasteiger partial charge in [0, 0.05) is 0 Å². The number of Topliss-reactive ketones (excluding diaryl/α,β-unsaturated/α-hetero) is 1. The van der Waals surface area contributed by atoms with Crippen LogP contribution >= 0.6 is 0 Å². The van der Waals surface area contributed by atoms with Gasteiger partial charge in [-0.2, -0.15) is 0 Å². The summed E-state index contributed by atoms with van der Waals surface area (Å²) in [6.45, 7) is 0. The summed E-state index contributed by atoms with van der Waals surface area (Å²) in [6, 6.07) is 21.9. The first-order valence-electron chi connectivity index (χ1n) is 7.09. The number of carbonyl (C=O) groups is 1. The second kappa shape index (κ2) is 4.74. The van der Waals surface area contributed by atoms with E-state index < -0.39 is 0 Å². The predicted octanol–water partition coefficient (Wildman–Crippen LogP) is 4.55. The van der Waals surface area contributed by atoms with E-state index in [9.17, 15) is 4.79 Å². The van der Waals surface area contributed by atoms with Crippen LogP contribution in [0.15, 0.2) is 66.7 Å². The highest BCUT2D eigenvalue weighted by atomic mass is 16.5. The molecular formula is C19H14O2. The van der Waals surface area contributed by atoms with Gasteiger partial charge >= 0.3 is 0 Å². The second-order valence-corrected chi connectivity index (χ2v) is 5.34. The zero-order chi connectivity index (χ0) is 14.2. The molecular weight excluding hydrogens is 260 g/mol. The van der Waals surface area contributed by atoms with E-state index in [1.165, 1.54) is 0 Å². The number of hydrogen-bond donors (Lipinski definition) is 0. The molecule has 2 nitrogen and oxygen atoms in total. The molecule has 0 aromatic heterocycles. The van der Waals surface area contributed by atoms with Gasteiger partial charge in [0.25, 0.3) is 0 Å². The summed E-state index contributed by atoms with van der Waals surface area (Å²) in [4.78, 5) is 12.4. The molecule has 1 atom stereocenters. The number of benzene rings is 3. The fourth-order valence-electron chi connectivity index (χ4n) is 2.86. The Morgan fingerprint density at radius 2 is 1.52 bits per heavy atom. The average molecular weight is 274 g/mol. The predicted molar refractivity (Wildman–Crippen MR) is 82.7 cm³/mol. The smallest absolute Gasteiger partial charge is 0.170 e. The van der Waals surface area contributed by atoms with E-state index in [2.05, 4.69) is 0 Å². The molecule has 0 unspecified atom stereocenters. The summed E-state index contributed by atoms with van der Waals surface area (Å²) in [5.74, 6) is 0.842. The van der Waals surface area contributed by atoms with Crippen LogP contribution in [-0.2, 0) is 0 Å². The van der Waals surface area contributed by atoms with Crippen LogP contribution in [0.4, 0.5) is 0 Å². The van der Waals surface area contributed by atoms with E-state index in [4.69, 9.17) is 4.74 Å². The van der Waals surface area contributed by atoms with Crippen LogP contribution in [0.3, 0.4) is 0 Å². The molecule has 0 spiro atoms. The van der Waals surface area contributed by atoms with Gasteiger partial charge in [-0.3, -0.25) is 4.79 Å². The van der Waals surface area contributed by atoms with Gasteiger partial charge in [-0.1, -0.05) is 54.6 Å². The molecule has 1 aliphatic heterocycles. The number of hydrogen-bond acceptors (Lipinski definition) is 2. The molecule has 1 heterocycles. The van der Waals surface area contributed by atoms with E-state index in [1.807, 2.05) is 66.7 Å². The number of rotatable bonds is 1. The molecule has 0 bridgehead atoms. The Bertz CT molecular complexity index is 821. The first kappa shape index (κ1) is 12.2. The number of carbonyl (C=O) groups excluding carboxylic acids is 1. The molecule has 102 valence electrons. The van der Waals surface area contributed by atoms with Crippen LogP contribution in [0.1, 0.15) is 28.4 Å². The van der Waals surface area contributed by atoms with Crippen molar-refractivity contribution < 1.29 is 9.53 Å². The fourth-order valence-corrected chi connectivity index (χ4v) is 2.86. The lowest BCUT2D eigenvalue weighted by molar-refractivity contribution is 0.0851. The van der Waals surface area contributed by atoms with Crippen molar-refractivity contribution in [2.75, 3.05) is 0 Å². The Labute approximate surface area is 123 Å². The van der Waals surface area contributed by atoms with Gasteiger partial charge in [0.1, 0.15) is 11.9 Å². The quantitative estimate of drug-likeness (QED) is 0.651. The van der Waals surface area contributed by atoms with Gasteiger partial charge in [-0.15, -0.1) is 0 Å². The van der Waals surface area contributed by atoms with Crippen molar-refractivity contribution in [2.24, 2.45) is 0 Å². The molecule has 1 aliphatic rings. The lowest BCUT2D eigenvalue weighted by atomic mass is 9.94. The third-order valence-electron chi connectivity index (χ3n) is 3.96. The largest absolute Gasteiger partial charge is 0.484 e. The van der Waals surface area contributed by atoms with E-state index in [0.717, 1.165) is 16.3 Å². The lowest BCUT2D eigenvalue weighted by Gasteiger charge is -2.26. The Kier molecular flexibility index (Phi) is 2.74. The number of ketones is 1. The third-order valence-corrected chi connectivity index (χ3v) is 3.96. The molecule has 21 heavy (non-hydrogen) atoms. The average Bonchev–Trinajstić information content (AvgIpc) is 2.54. The molecule has 3 aromatic carbocycles. The molecule has 0 amide bonds. The zero-order valence-corrected chi connectivity index (χ0v) is 11.5. The van der Waals surface area contributed by atoms with Gasteiger partial charge in [0.2, 0.25) is 0 Å². The van der Waals surface area contributed by atoms with Gasteiger partial charge in [0.15, 0.2) is 5.78 Å². The standard InChI is InChI=1S/C19H14O2/c20-17-12-18(13-6-2-1-3-7-13)21-19-11-15-9-5-4-8-14(15)10-16(17)19/h1-11,18H,12H2/t18-/m1/s1. The topological polar surface area (TPSA) is 26.3 Å². The SMILES string of the molecule is O=C1C[C@H](c2ccccc2)Oc2cc3ccccc3cc21. The minimum Gasteiger partial charge on any atom is -0.484 e. The monoisotopic (exact) mass is 274 g/mol. The third kappa shape index (κ3) is 2.09. The molecule has 0 fully saturated rings. The maximum atomic E-state index is 12.4. The summed E-state index contributed by atoms with van der Waals surface area (Å²) in [7, 11) is 0. The molecule has 0 saturated carbocycles. The van der Waals surface area contributed by atoms with Crippen molar-refractivity contribution in [3.8, 4) is 5.75 Å². The van der Waals surface area contributed by atoms with Crippen LogP contribution in [0.5, 0.6) is 5.75 Å². The first-order chi connectivity index (χ1) is 10.3. The number of ether oxygens (including phenoxy) is 1. The van der Waals surface area contributed by atoms with Crippen molar-refractivity contribution in [1.82, 2.24) is 0 Å². The minimum atomic E-state index is -0.188. The molecule has 0 saturated heterocycles. The van der Waals surface area contributed by atoms with Crippen LogP contribution < -0.4 is 4.74 Å². The zero-order valence-electron chi connectivity index (χ0n) is 11.5.